The van der Waals surface area contributed by atoms with Gasteiger partial charge in [0, 0.05) is 57.5 Å². The van der Waals surface area contributed by atoms with E-state index in [-0.39, 0.29) is 17.9 Å². The monoisotopic (exact) mass is 567 g/mol. The van der Waals surface area contributed by atoms with Crippen LogP contribution < -0.4 is 10.6 Å². The summed E-state index contributed by atoms with van der Waals surface area (Å²) in [6.45, 7) is 2.52. The summed E-state index contributed by atoms with van der Waals surface area (Å²) in [5.41, 5.74) is 3.79. The molecular formula is C31H30FN7O3. The summed E-state index contributed by atoms with van der Waals surface area (Å²) in [7, 11) is 1.68. The van der Waals surface area contributed by atoms with Crippen LogP contribution in [0.1, 0.15) is 39.2 Å². The Labute approximate surface area is 242 Å². The number of carbonyl (C=O) groups is 1. The fourth-order valence-electron chi connectivity index (χ4n) is 4.31. The fourth-order valence-corrected chi connectivity index (χ4v) is 4.31. The number of oxazole rings is 1. The zero-order valence-corrected chi connectivity index (χ0v) is 23.1. The molecule has 42 heavy (non-hydrogen) atoms. The third-order valence-corrected chi connectivity index (χ3v) is 6.42. The van der Waals surface area contributed by atoms with Crippen molar-refractivity contribution in [2.45, 2.75) is 25.9 Å². The van der Waals surface area contributed by atoms with Gasteiger partial charge in [0.05, 0.1) is 29.9 Å². The number of hydrogen-bond donors (Lipinski definition) is 2. The molecule has 5 rings (SSSR count). The maximum absolute atomic E-state index is 13.7. The van der Waals surface area contributed by atoms with Crippen molar-refractivity contribution < 1.29 is 18.3 Å². The molecule has 0 aliphatic rings. The topological polar surface area (TPSA) is 120 Å². The molecule has 0 radical (unpaired) electrons. The molecule has 0 unspecified atom stereocenters. The molecule has 0 saturated heterocycles. The van der Waals surface area contributed by atoms with E-state index >= 15 is 0 Å². The molecule has 0 aliphatic carbocycles. The minimum atomic E-state index is -0.477. The number of nitrogens with one attached hydrogen (secondary N) is 2. The lowest BCUT2D eigenvalue weighted by atomic mass is 10.2. The molecule has 0 fully saturated rings. The highest BCUT2D eigenvalue weighted by Crippen LogP contribution is 2.18. The number of carbonyl (C=O) groups excluding carboxylic acids is 1. The Bertz CT molecular complexity index is 1710. The van der Waals surface area contributed by atoms with Gasteiger partial charge in [-0.3, -0.25) is 9.78 Å². The minimum Gasteiger partial charge on any atom is -0.448 e. The largest absolute Gasteiger partial charge is 0.448 e. The van der Waals surface area contributed by atoms with Gasteiger partial charge in [0.15, 0.2) is 11.6 Å². The Kier molecular flexibility index (Phi) is 9.61. The van der Waals surface area contributed by atoms with Crippen LogP contribution in [-0.4, -0.2) is 57.2 Å². The standard InChI is InChI=1S/C31H30FN7O3/c1-41-18-17-39-28-10-8-22(7-9-23-5-2-3-13-34-23)19-25(28)37-29(39)11-15-33-16-12-30-38-27(21-42-30)31(40)36-20-26-24(32)6-4-14-35-26/h2-6,8,10,13-14,19,21,33H,11-12,15-18,20H2,1H3,(H,36,40). The van der Waals surface area contributed by atoms with Gasteiger partial charge in [-0.25, -0.2) is 19.3 Å². The van der Waals surface area contributed by atoms with E-state index in [1.165, 1.54) is 24.6 Å². The van der Waals surface area contributed by atoms with Crippen LogP contribution in [0.3, 0.4) is 0 Å². The molecule has 11 heteroatoms. The normalized spacial score (nSPS) is 10.9. The molecule has 4 heterocycles. The second-order valence-corrected chi connectivity index (χ2v) is 9.33. The molecule has 5 aromatic rings. The highest BCUT2D eigenvalue weighted by molar-refractivity contribution is 5.91. The zero-order chi connectivity index (χ0) is 29.1. The summed E-state index contributed by atoms with van der Waals surface area (Å²) in [6, 6.07) is 14.5. The second kappa shape index (κ2) is 14.1. The smallest absolute Gasteiger partial charge is 0.273 e. The summed E-state index contributed by atoms with van der Waals surface area (Å²) in [5, 5.41) is 5.99. The van der Waals surface area contributed by atoms with Crippen LogP contribution >= 0.6 is 0 Å². The fraction of sp³-hybridized carbons (Fsp3) is 0.258. The Morgan fingerprint density at radius 2 is 1.93 bits per heavy atom. The lowest BCUT2D eigenvalue weighted by molar-refractivity contribution is 0.0945. The van der Waals surface area contributed by atoms with E-state index in [1.807, 2.05) is 36.4 Å². The van der Waals surface area contributed by atoms with Crippen molar-refractivity contribution in [2.75, 3.05) is 26.8 Å². The molecule has 0 saturated carbocycles. The molecule has 214 valence electrons. The number of pyridine rings is 2. The number of ether oxygens (including phenoxy) is 1. The van der Waals surface area contributed by atoms with E-state index in [0.29, 0.717) is 45.0 Å². The number of nitrogens with zero attached hydrogens (tertiary/aromatic N) is 5. The van der Waals surface area contributed by atoms with Gasteiger partial charge < -0.3 is 24.4 Å². The van der Waals surface area contributed by atoms with Crippen LogP contribution in [-0.2, 0) is 30.7 Å². The van der Waals surface area contributed by atoms with Crippen LogP contribution in [0.2, 0.25) is 0 Å². The summed E-state index contributed by atoms with van der Waals surface area (Å²) < 4.78 is 26.7. The van der Waals surface area contributed by atoms with Crippen LogP contribution in [0, 0.1) is 17.7 Å². The molecule has 0 bridgehead atoms. The number of halogens is 1. The second-order valence-electron chi connectivity index (χ2n) is 9.33. The van der Waals surface area contributed by atoms with Gasteiger partial charge in [0.25, 0.3) is 5.91 Å². The first-order valence-corrected chi connectivity index (χ1v) is 13.5. The molecule has 2 N–H and O–H groups in total. The van der Waals surface area contributed by atoms with E-state index in [4.69, 9.17) is 14.1 Å². The molecule has 0 atom stereocenters. The van der Waals surface area contributed by atoms with Crippen LogP contribution in [0.5, 0.6) is 0 Å². The van der Waals surface area contributed by atoms with Gasteiger partial charge >= 0.3 is 0 Å². The van der Waals surface area contributed by atoms with Gasteiger partial charge in [-0.15, -0.1) is 0 Å². The van der Waals surface area contributed by atoms with E-state index in [9.17, 15) is 9.18 Å². The average molecular weight is 568 g/mol. The van der Waals surface area contributed by atoms with E-state index in [2.05, 4.69) is 42.0 Å². The van der Waals surface area contributed by atoms with Crippen molar-refractivity contribution >= 4 is 16.9 Å². The number of aromatic nitrogens is 5. The lowest BCUT2D eigenvalue weighted by Gasteiger charge is -2.09. The van der Waals surface area contributed by atoms with Gasteiger partial charge in [-0.1, -0.05) is 12.0 Å². The number of imidazole rings is 1. The minimum absolute atomic E-state index is 0.0374. The Morgan fingerprint density at radius 3 is 2.76 bits per heavy atom. The van der Waals surface area contributed by atoms with Crippen LogP contribution in [0.15, 0.2) is 71.6 Å². The van der Waals surface area contributed by atoms with Crippen molar-refractivity contribution in [3.63, 3.8) is 0 Å². The number of methoxy groups -OCH3 is 1. The summed E-state index contributed by atoms with van der Waals surface area (Å²) in [6.07, 6.45) is 5.70. The van der Waals surface area contributed by atoms with E-state index in [1.54, 1.807) is 13.3 Å². The number of fused-ring (bicyclic) bond motifs is 1. The predicted molar refractivity (Wildman–Crippen MR) is 154 cm³/mol. The summed E-state index contributed by atoms with van der Waals surface area (Å²) >= 11 is 0. The van der Waals surface area contributed by atoms with Gasteiger partial charge in [-0.05, 0) is 48.4 Å². The zero-order valence-electron chi connectivity index (χ0n) is 23.1. The molecule has 4 aromatic heterocycles. The number of rotatable bonds is 12. The molecule has 10 nitrogen and oxygen atoms in total. The Morgan fingerprint density at radius 1 is 1.05 bits per heavy atom. The number of hydrogen-bond acceptors (Lipinski definition) is 8. The SMILES string of the molecule is COCCn1c(CCNCCc2nc(C(=O)NCc3ncccc3F)co2)nc2cc(C#Cc3ccccn3)ccc21. The molecule has 0 spiro atoms. The molecular weight excluding hydrogens is 537 g/mol. The first kappa shape index (κ1) is 28.6. The average Bonchev–Trinajstić information content (AvgIpc) is 3.63. The van der Waals surface area contributed by atoms with Crippen molar-refractivity contribution in [3.05, 3.63) is 107 Å². The highest BCUT2D eigenvalue weighted by Gasteiger charge is 2.14. The van der Waals surface area contributed by atoms with E-state index < -0.39 is 11.7 Å². The van der Waals surface area contributed by atoms with Crippen molar-refractivity contribution in [2.24, 2.45) is 0 Å². The van der Waals surface area contributed by atoms with Crippen LogP contribution in [0.25, 0.3) is 11.0 Å². The van der Waals surface area contributed by atoms with Crippen molar-refractivity contribution in [3.8, 4) is 11.8 Å². The summed E-state index contributed by atoms with van der Waals surface area (Å²) in [4.78, 5) is 29.7. The van der Waals surface area contributed by atoms with Crippen LogP contribution in [0.4, 0.5) is 4.39 Å². The van der Waals surface area contributed by atoms with Gasteiger partial charge in [0.2, 0.25) is 0 Å². The maximum atomic E-state index is 13.7. The number of benzene rings is 1. The first-order valence-electron chi connectivity index (χ1n) is 13.5. The van der Waals surface area contributed by atoms with Crippen molar-refractivity contribution in [1.29, 1.82) is 0 Å². The Balaban J connectivity index is 1.14. The highest BCUT2D eigenvalue weighted by atomic mass is 19.1. The predicted octanol–water partition coefficient (Wildman–Crippen LogP) is 3.30. The van der Waals surface area contributed by atoms with Crippen molar-refractivity contribution in [1.82, 2.24) is 35.1 Å². The Hall–Kier alpha value is -4.92. The first-order chi connectivity index (χ1) is 20.6. The third-order valence-electron chi connectivity index (χ3n) is 6.42. The molecule has 0 aliphatic heterocycles. The van der Waals surface area contributed by atoms with Gasteiger partial charge in [0.1, 0.15) is 23.6 Å². The molecule has 1 aromatic carbocycles. The lowest BCUT2D eigenvalue weighted by Crippen LogP contribution is -2.24. The summed E-state index contributed by atoms with van der Waals surface area (Å²) in [5.74, 6) is 6.71. The molecule has 1 amide bonds. The third kappa shape index (κ3) is 7.42. The van der Waals surface area contributed by atoms with Gasteiger partial charge in [-0.2, -0.15) is 0 Å². The quantitative estimate of drug-likeness (QED) is 0.174. The van der Waals surface area contributed by atoms with E-state index in [0.717, 1.165) is 28.1 Å². The number of amides is 1. The maximum Gasteiger partial charge on any atom is 0.273 e.